The third-order valence-corrected chi connectivity index (χ3v) is 3.51. The van der Waals surface area contributed by atoms with Crippen LogP contribution in [0, 0.1) is 0 Å². The maximum Gasteiger partial charge on any atom is 0.320 e. The number of nitrogens with zero attached hydrogens (tertiary/aromatic N) is 2. The van der Waals surface area contributed by atoms with Gasteiger partial charge in [-0.15, -0.1) is 0 Å². The van der Waals surface area contributed by atoms with Crippen LogP contribution in [0.3, 0.4) is 0 Å². The van der Waals surface area contributed by atoms with Gasteiger partial charge < -0.3 is 9.64 Å². The standard InChI is InChI=1S/C11H22N2O2S/c1-3-16-9-8-15-11(14)10-13-6-4-12(2)5-7-13/h3-10H2,1-2H3. The lowest BCUT2D eigenvalue weighted by Crippen LogP contribution is -2.46. The van der Waals surface area contributed by atoms with E-state index in [1.165, 1.54) is 0 Å². The first-order chi connectivity index (χ1) is 7.72. The molecule has 1 saturated heterocycles. The molecule has 0 bridgehead atoms. The zero-order valence-corrected chi connectivity index (χ0v) is 11.1. The molecule has 0 aromatic heterocycles. The minimum atomic E-state index is -0.0822. The maximum atomic E-state index is 11.5. The summed E-state index contributed by atoms with van der Waals surface area (Å²) in [5.41, 5.74) is 0. The van der Waals surface area contributed by atoms with Gasteiger partial charge in [0, 0.05) is 31.9 Å². The van der Waals surface area contributed by atoms with E-state index in [1.54, 1.807) is 11.8 Å². The molecule has 1 aliphatic heterocycles. The smallest absolute Gasteiger partial charge is 0.320 e. The Hall–Kier alpha value is -0.260. The molecule has 1 fully saturated rings. The van der Waals surface area contributed by atoms with Crippen molar-refractivity contribution in [3.63, 3.8) is 0 Å². The molecule has 0 amide bonds. The van der Waals surface area contributed by atoms with E-state index in [2.05, 4.69) is 23.8 Å². The second-order valence-corrected chi connectivity index (χ2v) is 5.39. The summed E-state index contributed by atoms with van der Waals surface area (Å²) < 4.78 is 5.16. The number of thioether (sulfide) groups is 1. The molecule has 5 heteroatoms. The van der Waals surface area contributed by atoms with Gasteiger partial charge in [0.2, 0.25) is 0 Å². The summed E-state index contributed by atoms with van der Waals surface area (Å²) in [5, 5.41) is 0. The largest absolute Gasteiger partial charge is 0.464 e. The molecule has 1 heterocycles. The first-order valence-electron chi connectivity index (χ1n) is 5.86. The molecule has 1 rings (SSSR count). The van der Waals surface area contributed by atoms with Crippen LogP contribution in [-0.2, 0) is 9.53 Å². The second kappa shape index (κ2) is 7.92. The van der Waals surface area contributed by atoms with Crippen molar-refractivity contribution in [2.24, 2.45) is 0 Å². The molecule has 0 aromatic rings. The number of ether oxygens (including phenoxy) is 1. The average Bonchev–Trinajstić information content (AvgIpc) is 2.28. The van der Waals surface area contributed by atoms with Crippen LogP contribution in [0.2, 0.25) is 0 Å². The van der Waals surface area contributed by atoms with E-state index in [0.29, 0.717) is 13.2 Å². The Kier molecular flexibility index (Phi) is 6.84. The van der Waals surface area contributed by atoms with E-state index in [4.69, 9.17) is 4.74 Å². The molecule has 16 heavy (non-hydrogen) atoms. The second-order valence-electron chi connectivity index (χ2n) is 4.00. The lowest BCUT2D eigenvalue weighted by Gasteiger charge is -2.31. The van der Waals surface area contributed by atoms with Gasteiger partial charge in [0.25, 0.3) is 0 Å². The Morgan fingerprint density at radius 2 is 2.00 bits per heavy atom. The number of carbonyl (C=O) groups is 1. The number of carbonyl (C=O) groups excluding carboxylic acids is 1. The number of esters is 1. The van der Waals surface area contributed by atoms with Gasteiger partial charge in [-0.1, -0.05) is 6.92 Å². The van der Waals surface area contributed by atoms with E-state index < -0.39 is 0 Å². The lowest BCUT2D eigenvalue weighted by atomic mass is 10.3. The Morgan fingerprint density at radius 1 is 1.31 bits per heavy atom. The van der Waals surface area contributed by atoms with Crippen molar-refractivity contribution >= 4 is 17.7 Å². The van der Waals surface area contributed by atoms with Gasteiger partial charge in [-0.3, -0.25) is 9.69 Å². The molecular formula is C11H22N2O2S. The molecule has 94 valence electrons. The summed E-state index contributed by atoms with van der Waals surface area (Å²) in [4.78, 5) is 15.9. The predicted octanol–water partition coefficient (Wildman–Crippen LogP) is 0.530. The van der Waals surface area contributed by atoms with Gasteiger partial charge in [-0.05, 0) is 12.8 Å². The highest BCUT2D eigenvalue weighted by molar-refractivity contribution is 7.99. The normalized spacial score (nSPS) is 18.6. The summed E-state index contributed by atoms with van der Waals surface area (Å²) in [5.74, 6) is 1.90. The van der Waals surface area contributed by atoms with Gasteiger partial charge in [0.1, 0.15) is 6.61 Å². The van der Waals surface area contributed by atoms with E-state index in [9.17, 15) is 4.79 Å². The quantitative estimate of drug-likeness (QED) is 0.504. The molecule has 0 atom stereocenters. The molecule has 0 saturated carbocycles. The zero-order chi connectivity index (χ0) is 11.8. The molecular weight excluding hydrogens is 224 g/mol. The fourth-order valence-electron chi connectivity index (χ4n) is 1.59. The molecule has 0 aliphatic carbocycles. The Bertz CT molecular complexity index is 206. The van der Waals surface area contributed by atoms with Crippen molar-refractivity contribution in [3.8, 4) is 0 Å². The van der Waals surface area contributed by atoms with Gasteiger partial charge in [0.05, 0.1) is 6.54 Å². The van der Waals surface area contributed by atoms with Crippen molar-refractivity contribution in [1.29, 1.82) is 0 Å². The highest BCUT2D eigenvalue weighted by Gasteiger charge is 2.16. The molecule has 0 spiro atoms. The summed E-state index contributed by atoms with van der Waals surface area (Å²) in [6.07, 6.45) is 0. The average molecular weight is 246 g/mol. The number of likely N-dealkylation sites (N-methyl/N-ethyl adjacent to an activating group) is 1. The summed E-state index contributed by atoms with van der Waals surface area (Å²) in [6, 6.07) is 0. The van der Waals surface area contributed by atoms with Gasteiger partial charge in [0.15, 0.2) is 0 Å². The predicted molar refractivity (Wildman–Crippen MR) is 67.9 cm³/mol. The SMILES string of the molecule is CCSCCOC(=O)CN1CCN(C)CC1. The summed E-state index contributed by atoms with van der Waals surface area (Å²) >= 11 is 1.80. The van der Waals surface area contributed by atoms with Crippen LogP contribution in [0.15, 0.2) is 0 Å². The van der Waals surface area contributed by atoms with Crippen molar-refractivity contribution in [2.45, 2.75) is 6.92 Å². The van der Waals surface area contributed by atoms with Crippen LogP contribution in [-0.4, -0.2) is 73.7 Å². The number of rotatable bonds is 6. The van der Waals surface area contributed by atoms with Crippen LogP contribution >= 0.6 is 11.8 Å². The molecule has 0 unspecified atom stereocenters. The van der Waals surface area contributed by atoms with E-state index >= 15 is 0 Å². The number of hydrogen-bond acceptors (Lipinski definition) is 5. The first-order valence-corrected chi connectivity index (χ1v) is 7.02. The maximum absolute atomic E-state index is 11.5. The number of hydrogen-bond donors (Lipinski definition) is 0. The van der Waals surface area contributed by atoms with Gasteiger partial charge in [-0.25, -0.2) is 0 Å². The fraction of sp³-hybridized carbons (Fsp3) is 0.909. The monoisotopic (exact) mass is 246 g/mol. The number of piperazine rings is 1. The van der Waals surface area contributed by atoms with Crippen molar-refractivity contribution < 1.29 is 9.53 Å². The van der Waals surface area contributed by atoms with E-state index in [0.717, 1.165) is 37.7 Å². The molecule has 0 radical (unpaired) electrons. The van der Waals surface area contributed by atoms with Crippen molar-refractivity contribution in [1.82, 2.24) is 9.80 Å². The van der Waals surface area contributed by atoms with Gasteiger partial charge in [-0.2, -0.15) is 11.8 Å². The van der Waals surface area contributed by atoms with Crippen LogP contribution in [0.25, 0.3) is 0 Å². The van der Waals surface area contributed by atoms with E-state index in [1.807, 2.05) is 0 Å². The van der Waals surface area contributed by atoms with Crippen LogP contribution < -0.4 is 0 Å². The minimum Gasteiger partial charge on any atom is -0.464 e. The highest BCUT2D eigenvalue weighted by Crippen LogP contribution is 2.00. The first kappa shape index (κ1) is 13.8. The van der Waals surface area contributed by atoms with Gasteiger partial charge >= 0.3 is 5.97 Å². The third-order valence-electron chi connectivity index (χ3n) is 2.64. The van der Waals surface area contributed by atoms with Crippen LogP contribution in [0.4, 0.5) is 0 Å². The Morgan fingerprint density at radius 3 is 2.62 bits per heavy atom. The topological polar surface area (TPSA) is 32.8 Å². The zero-order valence-electron chi connectivity index (χ0n) is 10.3. The van der Waals surface area contributed by atoms with Crippen molar-refractivity contribution in [2.75, 3.05) is 57.9 Å². The molecule has 1 aliphatic rings. The van der Waals surface area contributed by atoms with Crippen LogP contribution in [0.1, 0.15) is 6.92 Å². The fourth-order valence-corrected chi connectivity index (χ4v) is 2.08. The Balaban J connectivity index is 2.05. The van der Waals surface area contributed by atoms with E-state index in [-0.39, 0.29) is 5.97 Å². The molecule has 0 aromatic carbocycles. The summed E-state index contributed by atoms with van der Waals surface area (Å²) in [7, 11) is 2.11. The minimum absolute atomic E-state index is 0.0822. The van der Waals surface area contributed by atoms with Crippen molar-refractivity contribution in [3.05, 3.63) is 0 Å². The Labute approximate surface area is 102 Å². The van der Waals surface area contributed by atoms with Crippen LogP contribution in [0.5, 0.6) is 0 Å². The third kappa shape index (κ3) is 5.72. The summed E-state index contributed by atoms with van der Waals surface area (Å²) in [6.45, 7) is 7.12. The lowest BCUT2D eigenvalue weighted by molar-refractivity contribution is -0.144. The molecule has 4 nitrogen and oxygen atoms in total. The molecule has 0 N–H and O–H groups in total. The highest BCUT2D eigenvalue weighted by atomic mass is 32.2.